The van der Waals surface area contributed by atoms with Gasteiger partial charge < -0.3 is 14.1 Å². The molecule has 12 aromatic rings. The summed E-state index contributed by atoms with van der Waals surface area (Å²) in [6, 6.07) is 85.8. The maximum atomic E-state index is 7.28. The molecule has 0 unspecified atom stereocenters. The van der Waals surface area contributed by atoms with Crippen LogP contribution in [0.3, 0.4) is 0 Å². The van der Waals surface area contributed by atoms with Crippen molar-refractivity contribution in [2.45, 2.75) is 125 Å². The van der Waals surface area contributed by atoms with E-state index in [4.69, 9.17) is 9.15 Å². The molecule has 4 heteroatoms. The number of fused-ring (bicyclic) bond motifs is 21. The summed E-state index contributed by atoms with van der Waals surface area (Å²) in [6.07, 6.45) is 0. The largest absolute Gasteiger partial charge is 0.457 e. The molecule has 0 radical (unpaired) electrons. The van der Waals surface area contributed by atoms with Crippen LogP contribution in [0.5, 0.6) is 11.5 Å². The first-order valence-corrected chi connectivity index (χ1v) is 32.2. The normalized spacial score (nSPS) is 14.8. The van der Waals surface area contributed by atoms with Gasteiger partial charge >= 0.3 is 0 Å². The quantitative estimate of drug-likeness (QED) is 0.175. The topological polar surface area (TPSA) is 25.6 Å². The van der Waals surface area contributed by atoms with E-state index in [1.165, 1.54) is 87.7 Å². The van der Waals surface area contributed by atoms with E-state index >= 15 is 0 Å². The zero-order valence-electron chi connectivity index (χ0n) is 52.5. The molecule has 11 aromatic carbocycles. The molecule has 2 aliphatic carbocycles. The summed E-state index contributed by atoms with van der Waals surface area (Å²) in [5.74, 6) is 1.73. The Hall–Kier alpha value is -8.83. The van der Waals surface area contributed by atoms with Gasteiger partial charge in [0.1, 0.15) is 22.7 Å². The molecule has 0 fully saturated rings. The Labute approximate surface area is 523 Å². The van der Waals surface area contributed by atoms with E-state index in [2.05, 4.69) is 312 Å². The highest BCUT2D eigenvalue weighted by molar-refractivity contribution is 7.99. The van der Waals surface area contributed by atoms with Crippen molar-refractivity contribution < 1.29 is 9.15 Å². The lowest BCUT2D eigenvalue weighted by Gasteiger charge is -2.42. The van der Waals surface area contributed by atoms with Gasteiger partial charge in [0.2, 0.25) is 0 Å². The molecule has 4 aliphatic rings. The SMILES string of the molecule is CC(C)(C)c1ccc2c(c1)C1(c3cc(C(C)(C)C)ccc3S2)c2ccccc2-c2ccc(N(c3ccc4c(c3)C3(c5ccccc5O4)c4cc(C(C)(C)C)ccc4-c4ccc(C(C)(C)C)cc43)c3ccccc3-c3cccc4c3oc3ccccc34)cc21. The van der Waals surface area contributed by atoms with E-state index in [0.717, 1.165) is 72.8 Å². The van der Waals surface area contributed by atoms with Gasteiger partial charge in [-0.1, -0.05) is 259 Å². The molecule has 0 saturated carbocycles. The van der Waals surface area contributed by atoms with Crippen molar-refractivity contribution >= 4 is 50.8 Å². The monoisotopic (exact) mass is 1160 g/mol. The Bertz CT molecular complexity index is 4800. The Kier molecular flexibility index (Phi) is 11.7. The van der Waals surface area contributed by atoms with Gasteiger partial charge in [0.15, 0.2) is 0 Å². The third-order valence-corrected chi connectivity index (χ3v) is 21.0. The fourth-order valence-electron chi connectivity index (χ4n) is 15.3. The third kappa shape index (κ3) is 7.83. The lowest BCUT2D eigenvalue weighted by Crippen LogP contribution is -2.33. The van der Waals surface area contributed by atoms with Crippen LogP contribution < -0.4 is 9.64 Å². The van der Waals surface area contributed by atoms with E-state index in [9.17, 15) is 0 Å². The standard InChI is InChI=1S/C84H73NO2S/c1-79(2,3)50-32-38-57-58-39-33-51(80(4,5)6)45-67(58)84(66(57)44-50)65-28-17-20-31-74(65)86-75-41-37-55(49-69(75)84)85(72-29-18-14-23-60(72)62-25-21-26-63-61-24-15-19-30-73(61)87-78(62)63)54-36-40-59-56-22-13-16-27-64(56)83(68(59)48-54)70-46-52(81(7,8)9)34-42-76(70)88-77-43-35-53(47-71(77)83)82(10,11)12/h13-49H,1-12H3. The van der Waals surface area contributed by atoms with Crippen LogP contribution in [0.4, 0.5) is 17.1 Å². The smallest absolute Gasteiger partial charge is 0.143 e. The summed E-state index contributed by atoms with van der Waals surface area (Å²) in [7, 11) is 0. The first-order chi connectivity index (χ1) is 42.1. The number of rotatable bonds is 4. The highest BCUT2D eigenvalue weighted by Gasteiger charge is 2.54. The van der Waals surface area contributed by atoms with Gasteiger partial charge in [0.25, 0.3) is 0 Å². The molecule has 0 amide bonds. The van der Waals surface area contributed by atoms with Crippen LogP contribution in [0.25, 0.3) is 55.3 Å². The summed E-state index contributed by atoms with van der Waals surface area (Å²) in [4.78, 5) is 5.13. The Morgan fingerprint density at radius 2 is 0.750 bits per heavy atom. The van der Waals surface area contributed by atoms with E-state index in [1.54, 1.807) is 0 Å². The maximum Gasteiger partial charge on any atom is 0.143 e. The average molecular weight is 1160 g/mol. The van der Waals surface area contributed by atoms with Crippen molar-refractivity contribution in [2.75, 3.05) is 4.90 Å². The van der Waals surface area contributed by atoms with Crippen LogP contribution in [-0.2, 0) is 32.5 Å². The number of hydrogen-bond donors (Lipinski definition) is 0. The molecule has 2 spiro atoms. The lowest BCUT2D eigenvalue weighted by molar-refractivity contribution is 0.436. The first kappa shape index (κ1) is 54.6. The Morgan fingerprint density at radius 3 is 1.38 bits per heavy atom. The average Bonchev–Trinajstić information content (AvgIpc) is 1.45. The van der Waals surface area contributed by atoms with Gasteiger partial charge in [-0.2, -0.15) is 0 Å². The van der Waals surface area contributed by atoms with E-state index in [-0.39, 0.29) is 21.7 Å². The number of ether oxygens (including phenoxy) is 1. The Morgan fingerprint density at radius 1 is 0.318 bits per heavy atom. The number of furan rings is 1. The molecule has 0 saturated heterocycles. The molecule has 0 bridgehead atoms. The predicted octanol–water partition coefficient (Wildman–Crippen LogP) is 23.2. The van der Waals surface area contributed by atoms with Crippen LogP contribution in [0.1, 0.15) is 150 Å². The minimum Gasteiger partial charge on any atom is -0.457 e. The van der Waals surface area contributed by atoms with Gasteiger partial charge in [0.05, 0.1) is 16.5 Å². The molecule has 2 aliphatic heterocycles. The second-order valence-electron chi connectivity index (χ2n) is 29.2. The van der Waals surface area contributed by atoms with Gasteiger partial charge in [-0.3, -0.25) is 0 Å². The van der Waals surface area contributed by atoms with Crippen molar-refractivity contribution in [1.82, 2.24) is 0 Å². The molecule has 88 heavy (non-hydrogen) atoms. The van der Waals surface area contributed by atoms with Crippen molar-refractivity contribution in [1.29, 1.82) is 0 Å². The van der Waals surface area contributed by atoms with Crippen molar-refractivity contribution in [3.05, 3.63) is 291 Å². The van der Waals surface area contributed by atoms with E-state index in [1.807, 2.05) is 11.8 Å². The van der Waals surface area contributed by atoms with Crippen LogP contribution in [0, 0.1) is 0 Å². The minimum atomic E-state index is -0.745. The predicted molar refractivity (Wildman–Crippen MR) is 367 cm³/mol. The third-order valence-electron chi connectivity index (χ3n) is 19.9. The molecule has 0 N–H and O–H groups in total. The van der Waals surface area contributed by atoms with Crippen LogP contribution in [-0.4, -0.2) is 0 Å². The number of benzene rings is 11. The van der Waals surface area contributed by atoms with Crippen LogP contribution in [0.2, 0.25) is 0 Å². The number of hydrogen-bond acceptors (Lipinski definition) is 4. The van der Waals surface area contributed by atoms with Gasteiger partial charge in [-0.05, 0) is 160 Å². The van der Waals surface area contributed by atoms with Crippen molar-refractivity contribution in [2.24, 2.45) is 0 Å². The fraction of sp³-hybridized carbons (Fsp3) is 0.214. The number of anilines is 3. The molecule has 3 nitrogen and oxygen atoms in total. The van der Waals surface area contributed by atoms with Crippen molar-refractivity contribution in [3.63, 3.8) is 0 Å². The van der Waals surface area contributed by atoms with Gasteiger partial charge in [-0.15, -0.1) is 0 Å². The fourth-order valence-corrected chi connectivity index (χ4v) is 16.4. The van der Waals surface area contributed by atoms with E-state index in [0.29, 0.717) is 0 Å². The highest BCUT2D eigenvalue weighted by atomic mass is 32.2. The molecule has 1 aromatic heterocycles. The van der Waals surface area contributed by atoms with Crippen molar-refractivity contribution in [3.8, 4) is 44.9 Å². The summed E-state index contributed by atoms with van der Waals surface area (Å²) >= 11 is 1.92. The Balaban J connectivity index is 1.02. The molecular weight excluding hydrogens is 1090 g/mol. The number of para-hydroxylation sites is 4. The lowest BCUT2D eigenvalue weighted by atomic mass is 9.65. The second kappa shape index (κ2) is 18.8. The van der Waals surface area contributed by atoms with E-state index < -0.39 is 10.8 Å². The molecule has 16 rings (SSSR count). The zero-order valence-corrected chi connectivity index (χ0v) is 53.4. The van der Waals surface area contributed by atoms with Crippen LogP contribution in [0.15, 0.2) is 239 Å². The highest BCUT2D eigenvalue weighted by Crippen LogP contribution is 2.66. The zero-order chi connectivity index (χ0) is 60.6. The first-order valence-electron chi connectivity index (χ1n) is 31.4. The summed E-state index contributed by atoms with van der Waals surface area (Å²) in [5, 5.41) is 2.20. The summed E-state index contributed by atoms with van der Waals surface area (Å²) < 4.78 is 14.2. The van der Waals surface area contributed by atoms with Gasteiger partial charge in [0, 0.05) is 54.2 Å². The molecule has 0 atom stereocenters. The molecular formula is C84H73NO2S. The minimum absolute atomic E-state index is 0.0859. The number of nitrogens with zero attached hydrogens (tertiary/aromatic N) is 1. The molecule has 3 heterocycles. The van der Waals surface area contributed by atoms with Crippen LogP contribution >= 0.6 is 11.8 Å². The maximum absolute atomic E-state index is 7.28. The summed E-state index contributed by atoms with van der Waals surface area (Å²) in [6.45, 7) is 28.1. The van der Waals surface area contributed by atoms with Gasteiger partial charge in [-0.25, -0.2) is 0 Å². The molecule has 432 valence electrons. The second-order valence-corrected chi connectivity index (χ2v) is 30.3. The summed E-state index contributed by atoms with van der Waals surface area (Å²) in [5.41, 5.74) is 25.6.